The zero-order chi connectivity index (χ0) is 14.0. The van der Waals surface area contributed by atoms with Gasteiger partial charge < -0.3 is 10.2 Å². The number of carbonyl (C=O) groups is 1. The summed E-state index contributed by atoms with van der Waals surface area (Å²) >= 11 is 1.66. The van der Waals surface area contributed by atoms with Crippen LogP contribution in [-0.2, 0) is 4.79 Å². The predicted molar refractivity (Wildman–Crippen MR) is 76.3 cm³/mol. The van der Waals surface area contributed by atoms with Crippen LogP contribution in [0.5, 0.6) is 0 Å². The van der Waals surface area contributed by atoms with Gasteiger partial charge in [0, 0.05) is 37.3 Å². The third-order valence-electron chi connectivity index (χ3n) is 3.06. The molecule has 5 nitrogen and oxygen atoms in total. The van der Waals surface area contributed by atoms with E-state index < -0.39 is 0 Å². The van der Waals surface area contributed by atoms with Crippen molar-refractivity contribution in [3.63, 3.8) is 0 Å². The number of aryl methyl sites for hydroxylation is 2. The normalized spacial score (nSPS) is 22.5. The van der Waals surface area contributed by atoms with Crippen molar-refractivity contribution >= 4 is 17.7 Å². The molecule has 104 valence electrons. The monoisotopic (exact) mass is 280 g/mol. The Morgan fingerprint density at radius 2 is 2.00 bits per heavy atom. The predicted octanol–water partition coefficient (Wildman–Crippen LogP) is 1.00. The topological polar surface area (TPSA) is 58.1 Å². The van der Waals surface area contributed by atoms with Crippen molar-refractivity contribution in [1.29, 1.82) is 0 Å². The molecule has 2 atom stereocenters. The Morgan fingerprint density at radius 3 is 2.58 bits per heavy atom. The summed E-state index contributed by atoms with van der Waals surface area (Å²) < 4.78 is 0. The van der Waals surface area contributed by atoms with Gasteiger partial charge in [-0.25, -0.2) is 9.97 Å². The number of rotatable bonds is 3. The molecule has 0 radical (unpaired) electrons. The second kappa shape index (κ2) is 5.88. The van der Waals surface area contributed by atoms with E-state index in [-0.39, 0.29) is 11.9 Å². The van der Waals surface area contributed by atoms with Gasteiger partial charge in [-0.3, -0.25) is 4.79 Å². The average Bonchev–Trinajstić information content (AvgIpc) is 2.74. The first-order valence-corrected chi connectivity index (χ1v) is 7.27. The lowest BCUT2D eigenvalue weighted by Crippen LogP contribution is -2.39. The first kappa shape index (κ1) is 14.3. The fourth-order valence-corrected chi connectivity index (χ4v) is 3.35. The van der Waals surface area contributed by atoms with E-state index in [4.69, 9.17) is 0 Å². The fourth-order valence-electron chi connectivity index (χ4n) is 2.19. The van der Waals surface area contributed by atoms with Gasteiger partial charge in [-0.15, -0.1) is 0 Å². The summed E-state index contributed by atoms with van der Waals surface area (Å²) in [5, 5.41) is 4.43. The zero-order valence-electron chi connectivity index (χ0n) is 11.8. The van der Waals surface area contributed by atoms with Gasteiger partial charge in [-0.1, -0.05) is 11.8 Å². The summed E-state index contributed by atoms with van der Waals surface area (Å²) in [5.41, 5.74) is 1.98. The molecule has 1 aliphatic rings. The van der Waals surface area contributed by atoms with E-state index in [9.17, 15) is 4.79 Å². The second-order valence-corrected chi connectivity index (χ2v) is 6.37. The molecule has 1 aromatic rings. The highest BCUT2D eigenvalue weighted by Crippen LogP contribution is 2.27. The maximum Gasteiger partial charge on any atom is 0.239 e. The Labute approximate surface area is 118 Å². The summed E-state index contributed by atoms with van der Waals surface area (Å²) in [7, 11) is 3.58. The van der Waals surface area contributed by atoms with Crippen molar-refractivity contribution < 1.29 is 4.79 Å². The average molecular weight is 280 g/mol. The van der Waals surface area contributed by atoms with Crippen LogP contribution in [0.15, 0.2) is 11.2 Å². The number of amides is 1. The van der Waals surface area contributed by atoms with Crippen LogP contribution in [0.3, 0.4) is 0 Å². The Hall–Kier alpha value is -1.14. The number of hydrogen-bond donors (Lipinski definition) is 1. The molecule has 0 saturated carbocycles. The lowest BCUT2D eigenvalue weighted by atomic mass is 10.2. The molecule has 1 amide bonds. The number of nitrogens with zero attached hydrogens (tertiary/aromatic N) is 3. The fraction of sp³-hybridized carbons (Fsp3) is 0.615. The van der Waals surface area contributed by atoms with Gasteiger partial charge in [-0.05, 0) is 26.3 Å². The van der Waals surface area contributed by atoms with Crippen LogP contribution in [0.25, 0.3) is 0 Å². The lowest BCUT2D eigenvalue weighted by Gasteiger charge is -2.15. The van der Waals surface area contributed by atoms with Crippen LogP contribution >= 0.6 is 11.8 Å². The SMILES string of the molecule is Cc1cc(C)nc(S[C@H]2CN[C@H](C(=O)N(C)C)C2)n1. The summed E-state index contributed by atoms with van der Waals surface area (Å²) in [6.45, 7) is 4.78. The molecule has 6 heteroatoms. The molecule has 0 unspecified atom stereocenters. The van der Waals surface area contributed by atoms with Gasteiger partial charge in [-0.2, -0.15) is 0 Å². The van der Waals surface area contributed by atoms with E-state index in [0.29, 0.717) is 5.25 Å². The summed E-state index contributed by atoms with van der Waals surface area (Å²) in [4.78, 5) is 22.4. The van der Waals surface area contributed by atoms with Crippen LogP contribution < -0.4 is 5.32 Å². The molecule has 1 aromatic heterocycles. The summed E-state index contributed by atoms with van der Waals surface area (Å²) in [6, 6.07) is 1.90. The molecule has 0 spiro atoms. The molecule has 1 saturated heterocycles. The van der Waals surface area contributed by atoms with E-state index in [1.54, 1.807) is 30.8 Å². The molecule has 2 heterocycles. The highest BCUT2D eigenvalue weighted by molar-refractivity contribution is 7.99. The first-order valence-electron chi connectivity index (χ1n) is 6.39. The van der Waals surface area contributed by atoms with Crippen molar-refractivity contribution in [2.45, 2.75) is 36.7 Å². The van der Waals surface area contributed by atoms with E-state index >= 15 is 0 Å². The van der Waals surface area contributed by atoms with E-state index in [2.05, 4.69) is 15.3 Å². The number of likely N-dealkylation sites (N-methyl/N-ethyl adjacent to an activating group) is 1. The Kier molecular flexibility index (Phi) is 4.42. The maximum atomic E-state index is 11.9. The van der Waals surface area contributed by atoms with Crippen molar-refractivity contribution in [2.24, 2.45) is 0 Å². The Balaban J connectivity index is 1.96. The minimum atomic E-state index is -0.0709. The van der Waals surface area contributed by atoms with Gasteiger partial charge in [0.15, 0.2) is 5.16 Å². The largest absolute Gasteiger partial charge is 0.347 e. The third-order valence-corrected chi connectivity index (χ3v) is 4.15. The Bertz CT molecular complexity index is 457. The van der Waals surface area contributed by atoms with Gasteiger partial charge in [0.25, 0.3) is 0 Å². The Morgan fingerprint density at radius 1 is 1.37 bits per heavy atom. The van der Waals surface area contributed by atoms with Crippen molar-refractivity contribution in [3.8, 4) is 0 Å². The first-order chi connectivity index (χ1) is 8.95. The zero-order valence-corrected chi connectivity index (χ0v) is 12.6. The van der Waals surface area contributed by atoms with E-state index in [1.807, 2.05) is 19.9 Å². The highest BCUT2D eigenvalue weighted by Gasteiger charge is 2.31. The number of nitrogens with one attached hydrogen (secondary N) is 1. The van der Waals surface area contributed by atoms with Gasteiger partial charge >= 0.3 is 0 Å². The lowest BCUT2D eigenvalue weighted by molar-refractivity contribution is -0.130. The molecule has 2 rings (SSSR count). The molecule has 1 fully saturated rings. The molecular formula is C13H20N4OS. The molecule has 1 aliphatic heterocycles. The number of aromatic nitrogens is 2. The molecule has 0 aliphatic carbocycles. The third kappa shape index (κ3) is 3.67. The maximum absolute atomic E-state index is 11.9. The highest BCUT2D eigenvalue weighted by atomic mass is 32.2. The standard InChI is InChI=1S/C13H20N4OS/c1-8-5-9(2)16-13(15-8)19-10-6-11(14-7-10)12(18)17(3)4/h5,10-11,14H,6-7H2,1-4H3/t10-,11+/m1/s1. The molecule has 1 N–H and O–H groups in total. The smallest absolute Gasteiger partial charge is 0.239 e. The quantitative estimate of drug-likeness (QED) is 0.837. The van der Waals surface area contributed by atoms with Crippen LogP contribution in [-0.4, -0.2) is 52.7 Å². The van der Waals surface area contributed by atoms with Crippen LogP contribution in [0.1, 0.15) is 17.8 Å². The van der Waals surface area contributed by atoms with Crippen LogP contribution in [0, 0.1) is 13.8 Å². The number of hydrogen-bond acceptors (Lipinski definition) is 5. The van der Waals surface area contributed by atoms with Crippen LogP contribution in [0.4, 0.5) is 0 Å². The van der Waals surface area contributed by atoms with Gasteiger partial charge in [0.2, 0.25) is 5.91 Å². The molecular weight excluding hydrogens is 260 g/mol. The molecule has 0 bridgehead atoms. The minimum absolute atomic E-state index is 0.0709. The second-order valence-electron chi connectivity index (χ2n) is 5.10. The van der Waals surface area contributed by atoms with Crippen LogP contribution in [0.2, 0.25) is 0 Å². The number of carbonyl (C=O) groups excluding carboxylic acids is 1. The number of thioether (sulfide) groups is 1. The summed E-state index contributed by atoms with van der Waals surface area (Å²) in [6.07, 6.45) is 0.831. The molecule has 19 heavy (non-hydrogen) atoms. The van der Waals surface area contributed by atoms with Gasteiger partial charge in [0.1, 0.15) is 0 Å². The van der Waals surface area contributed by atoms with E-state index in [1.165, 1.54) is 0 Å². The van der Waals surface area contributed by atoms with Gasteiger partial charge in [0.05, 0.1) is 6.04 Å². The van der Waals surface area contributed by atoms with Crippen molar-refractivity contribution in [2.75, 3.05) is 20.6 Å². The molecule has 0 aromatic carbocycles. The van der Waals surface area contributed by atoms with Crippen molar-refractivity contribution in [3.05, 3.63) is 17.5 Å². The summed E-state index contributed by atoms with van der Waals surface area (Å²) in [5.74, 6) is 0.143. The van der Waals surface area contributed by atoms with Crippen molar-refractivity contribution in [1.82, 2.24) is 20.2 Å². The van der Waals surface area contributed by atoms with E-state index in [0.717, 1.165) is 29.5 Å². The minimum Gasteiger partial charge on any atom is -0.347 e.